The summed E-state index contributed by atoms with van der Waals surface area (Å²) in [6.07, 6.45) is 2.52. The van der Waals surface area contributed by atoms with Gasteiger partial charge in [0.15, 0.2) is 0 Å². The Balaban J connectivity index is 2.19. The van der Waals surface area contributed by atoms with E-state index >= 15 is 0 Å². The van der Waals surface area contributed by atoms with E-state index in [4.69, 9.17) is 10.5 Å². The molecule has 1 aromatic carbocycles. The molecule has 0 radical (unpaired) electrons. The molecule has 94 valence electrons. The largest absolute Gasteiger partial charge is 0.399 e. The smallest absolute Gasteiger partial charge is 0.0747 e. The molecule has 1 aliphatic rings. The lowest BCUT2D eigenvalue weighted by Gasteiger charge is -2.26. The van der Waals surface area contributed by atoms with Gasteiger partial charge >= 0.3 is 0 Å². The van der Waals surface area contributed by atoms with Gasteiger partial charge in [0, 0.05) is 29.0 Å². The maximum atomic E-state index is 5.80. The molecule has 4 heteroatoms. The van der Waals surface area contributed by atoms with Gasteiger partial charge < -0.3 is 15.4 Å². The Morgan fingerprint density at radius 1 is 1.53 bits per heavy atom. The quantitative estimate of drug-likeness (QED) is 0.661. The van der Waals surface area contributed by atoms with Crippen LogP contribution < -0.4 is 10.6 Å². The summed E-state index contributed by atoms with van der Waals surface area (Å²) in [6.45, 7) is 5.11. The summed E-state index contributed by atoms with van der Waals surface area (Å²) < 4.78 is 7.02. The molecule has 0 bridgehead atoms. The lowest BCUT2D eigenvalue weighted by atomic mass is 10.2. The molecule has 1 unspecified atom stereocenters. The third-order valence-electron chi connectivity index (χ3n) is 3.12. The monoisotopic (exact) mass is 346 g/mol. The summed E-state index contributed by atoms with van der Waals surface area (Å²) >= 11 is 2.36. The first kappa shape index (κ1) is 13.0. The van der Waals surface area contributed by atoms with E-state index < -0.39 is 0 Å². The van der Waals surface area contributed by atoms with Crippen LogP contribution in [0, 0.1) is 3.57 Å². The molecule has 1 saturated heterocycles. The number of nitrogens with zero attached hydrogens (tertiary/aromatic N) is 1. The standard InChI is InChI=1S/C13H19IN2O/c1-2-11-9-16(6-3-7-17-11)13-5-4-10(15)8-12(13)14/h4-5,8,11H,2-3,6-7,9,15H2,1H3. The molecule has 0 spiro atoms. The first-order valence-electron chi connectivity index (χ1n) is 6.12. The number of nitrogens with two attached hydrogens (primary N) is 1. The van der Waals surface area contributed by atoms with Crippen LogP contribution in [-0.4, -0.2) is 25.8 Å². The zero-order chi connectivity index (χ0) is 12.3. The van der Waals surface area contributed by atoms with Crippen LogP contribution in [0.1, 0.15) is 19.8 Å². The van der Waals surface area contributed by atoms with Gasteiger partial charge in [-0.15, -0.1) is 0 Å². The Bertz CT molecular complexity index is 384. The molecule has 1 fully saturated rings. The number of ether oxygens (including phenoxy) is 1. The van der Waals surface area contributed by atoms with Crippen molar-refractivity contribution in [2.24, 2.45) is 0 Å². The van der Waals surface area contributed by atoms with Crippen LogP contribution >= 0.6 is 22.6 Å². The molecule has 2 rings (SSSR count). The van der Waals surface area contributed by atoms with Gasteiger partial charge in [0.05, 0.1) is 11.8 Å². The van der Waals surface area contributed by atoms with Crippen molar-refractivity contribution >= 4 is 34.0 Å². The maximum absolute atomic E-state index is 5.80. The van der Waals surface area contributed by atoms with Gasteiger partial charge in [-0.1, -0.05) is 6.92 Å². The molecule has 0 aliphatic carbocycles. The molecule has 0 amide bonds. The van der Waals surface area contributed by atoms with Crippen molar-refractivity contribution in [3.05, 3.63) is 21.8 Å². The lowest BCUT2D eigenvalue weighted by Crippen LogP contribution is -2.31. The average Bonchev–Trinajstić information content (AvgIpc) is 2.54. The fourth-order valence-electron chi connectivity index (χ4n) is 2.14. The predicted molar refractivity (Wildman–Crippen MR) is 80.4 cm³/mol. The van der Waals surface area contributed by atoms with Crippen molar-refractivity contribution < 1.29 is 4.74 Å². The molecular formula is C13H19IN2O. The van der Waals surface area contributed by atoms with Crippen LogP contribution in [0.5, 0.6) is 0 Å². The Morgan fingerprint density at radius 3 is 3.06 bits per heavy atom. The molecule has 0 aromatic heterocycles. The molecule has 1 heterocycles. The number of benzene rings is 1. The first-order valence-corrected chi connectivity index (χ1v) is 7.20. The van der Waals surface area contributed by atoms with Crippen LogP contribution in [0.15, 0.2) is 18.2 Å². The van der Waals surface area contributed by atoms with Gasteiger partial charge in [-0.25, -0.2) is 0 Å². The van der Waals surface area contributed by atoms with E-state index in [1.165, 1.54) is 9.26 Å². The Hall–Kier alpha value is -0.490. The highest BCUT2D eigenvalue weighted by Gasteiger charge is 2.18. The second-order valence-electron chi connectivity index (χ2n) is 4.41. The topological polar surface area (TPSA) is 38.5 Å². The van der Waals surface area contributed by atoms with Crippen LogP contribution in [0.2, 0.25) is 0 Å². The fourth-order valence-corrected chi connectivity index (χ4v) is 3.02. The third kappa shape index (κ3) is 3.25. The second kappa shape index (κ2) is 5.91. The van der Waals surface area contributed by atoms with E-state index in [1.807, 2.05) is 12.1 Å². The van der Waals surface area contributed by atoms with E-state index in [-0.39, 0.29) is 0 Å². The van der Waals surface area contributed by atoms with Crippen molar-refractivity contribution in [2.75, 3.05) is 30.3 Å². The Kier molecular flexibility index (Phi) is 4.50. The van der Waals surface area contributed by atoms with Crippen LogP contribution in [0.3, 0.4) is 0 Å². The number of rotatable bonds is 2. The Morgan fingerprint density at radius 2 is 2.35 bits per heavy atom. The fraction of sp³-hybridized carbons (Fsp3) is 0.538. The summed E-state index contributed by atoms with van der Waals surface area (Å²) in [7, 11) is 0. The molecule has 1 aromatic rings. The summed E-state index contributed by atoms with van der Waals surface area (Å²) in [5.74, 6) is 0. The molecule has 1 atom stereocenters. The highest BCUT2D eigenvalue weighted by atomic mass is 127. The van der Waals surface area contributed by atoms with Crippen LogP contribution in [0.4, 0.5) is 11.4 Å². The highest BCUT2D eigenvalue weighted by molar-refractivity contribution is 14.1. The summed E-state index contributed by atoms with van der Waals surface area (Å²) in [5.41, 5.74) is 7.90. The first-order chi connectivity index (χ1) is 8.20. The summed E-state index contributed by atoms with van der Waals surface area (Å²) in [6, 6.07) is 6.13. The SMILES string of the molecule is CCC1CN(c2ccc(N)cc2I)CCCO1. The van der Waals surface area contributed by atoms with E-state index in [1.54, 1.807) is 0 Å². The van der Waals surface area contributed by atoms with Gasteiger partial charge in [0.25, 0.3) is 0 Å². The predicted octanol–water partition coefficient (Wildman–Crippen LogP) is 2.88. The number of anilines is 2. The van der Waals surface area contributed by atoms with Crippen LogP contribution in [0.25, 0.3) is 0 Å². The third-order valence-corrected chi connectivity index (χ3v) is 3.98. The molecular weight excluding hydrogens is 327 g/mol. The molecule has 3 nitrogen and oxygen atoms in total. The number of nitrogen functional groups attached to an aromatic ring is 1. The van der Waals surface area contributed by atoms with Gasteiger partial charge in [-0.05, 0) is 53.6 Å². The van der Waals surface area contributed by atoms with Gasteiger partial charge in [0.2, 0.25) is 0 Å². The van der Waals surface area contributed by atoms with Gasteiger partial charge in [-0.2, -0.15) is 0 Å². The zero-order valence-electron chi connectivity index (χ0n) is 10.2. The summed E-state index contributed by atoms with van der Waals surface area (Å²) in [5, 5.41) is 0. The average molecular weight is 346 g/mol. The lowest BCUT2D eigenvalue weighted by molar-refractivity contribution is 0.0664. The highest BCUT2D eigenvalue weighted by Crippen LogP contribution is 2.26. The van der Waals surface area contributed by atoms with Crippen molar-refractivity contribution in [2.45, 2.75) is 25.9 Å². The van der Waals surface area contributed by atoms with Gasteiger partial charge in [-0.3, -0.25) is 0 Å². The Labute approximate surface area is 116 Å². The normalized spacial score (nSPS) is 21.3. The number of halogens is 1. The minimum absolute atomic E-state index is 0.353. The minimum Gasteiger partial charge on any atom is -0.399 e. The van der Waals surface area contributed by atoms with Crippen molar-refractivity contribution in [3.63, 3.8) is 0 Å². The zero-order valence-corrected chi connectivity index (χ0v) is 12.3. The van der Waals surface area contributed by atoms with E-state index in [2.05, 4.69) is 40.5 Å². The van der Waals surface area contributed by atoms with E-state index in [0.29, 0.717) is 6.10 Å². The number of hydrogen-bond donors (Lipinski definition) is 1. The molecule has 1 aliphatic heterocycles. The van der Waals surface area contributed by atoms with Crippen molar-refractivity contribution in [1.82, 2.24) is 0 Å². The number of hydrogen-bond acceptors (Lipinski definition) is 3. The maximum Gasteiger partial charge on any atom is 0.0747 e. The second-order valence-corrected chi connectivity index (χ2v) is 5.57. The molecule has 17 heavy (non-hydrogen) atoms. The molecule has 0 saturated carbocycles. The van der Waals surface area contributed by atoms with Crippen molar-refractivity contribution in [1.29, 1.82) is 0 Å². The van der Waals surface area contributed by atoms with Gasteiger partial charge in [0.1, 0.15) is 0 Å². The van der Waals surface area contributed by atoms with E-state index in [0.717, 1.165) is 38.2 Å². The van der Waals surface area contributed by atoms with Crippen molar-refractivity contribution in [3.8, 4) is 0 Å². The molecule has 2 N–H and O–H groups in total. The minimum atomic E-state index is 0.353. The summed E-state index contributed by atoms with van der Waals surface area (Å²) in [4.78, 5) is 2.42. The van der Waals surface area contributed by atoms with Crippen LogP contribution in [-0.2, 0) is 4.74 Å². The van der Waals surface area contributed by atoms with E-state index in [9.17, 15) is 0 Å².